The Kier molecular flexibility index (Phi) is 5.55. The standard InChI is InChI=1S/C24H24N2O7S/c27-22(28)10-21(23(29)26-11-15-9-14(26)13-34(15,31)32)25-24(30)33-12-20-18-7-3-1-5-16(18)17-6-2-4-8-19(17)20/h1-8,14-15,20-21H,9-13H2,(H,25,30)(H,27,28). The maximum atomic E-state index is 13.0. The Labute approximate surface area is 196 Å². The monoisotopic (exact) mass is 484 g/mol. The van der Waals surface area contributed by atoms with Crippen LogP contribution in [0.2, 0.25) is 0 Å². The van der Waals surface area contributed by atoms with Gasteiger partial charge in [-0.25, -0.2) is 13.2 Å². The van der Waals surface area contributed by atoms with E-state index in [1.807, 2.05) is 48.5 Å². The molecule has 2 aliphatic heterocycles. The lowest BCUT2D eigenvalue weighted by Gasteiger charge is -2.30. The van der Waals surface area contributed by atoms with E-state index in [4.69, 9.17) is 4.74 Å². The zero-order valence-corrected chi connectivity index (χ0v) is 19.0. The molecule has 9 nitrogen and oxygen atoms in total. The number of carbonyl (C=O) groups excluding carboxylic acids is 2. The van der Waals surface area contributed by atoms with Crippen molar-refractivity contribution >= 4 is 27.8 Å². The minimum atomic E-state index is -3.21. The molecule has 5 rings (SSSR count). The van der Waals surface area contributed by atoms with Gasteiger partial charge in [0.1, 0.15) is 12.6 Å². The second kappa shape index (κ2) is 8.43. The predicted octanol–water partition coefficient (Wildman–Crippen LogP) is 1.77. The Morgan fingerprint density at radius 1 is 1.06 bits per heavy atom. The lowest BCUT2D eigenvalue weighted by molar-refractivity contribution is -0.142. The lowest BCUT2D eigenvalue weighted by Crippen LogP contribution is -2.53. The number of fused-ring (bicyclic) bond motifs is 5. The summed E-state index contributed by atoms with van der Waals surface area (Å²) in [7, 11) is -3.21. The Hall–Kier alpha value is -3.40. The smallest absolute Gasteiger partial charge is 0.407 e. The average Bonchev–Trinajstić information content (AvgIpc) is 3.45. The van der Waals surface area contributed by atoms with E-state index in [0.717, 1.165) is 22.3 Å². The van der Waals surface area contributed by atoms with Crippen LogP contribution in [-0.2, 0) is 24.2 Å². The first kappa shape index (κ1) is 22.4. The van der Waals surface area contributed by atoms with Crippen molar-refractivity contribution in [2.75, 3.05) is 18.9 Å². The number of hydrogen-bond donors (Lipinski definition) is 2. The van der Waals surface area contributed by atoms with Crippen LogP contribution in [0.1, 0.15) is 29.9 Å². The number of amides is 2. The first-order valence-corrected chi connectivity index (χ1v) is 12.8. The van der Waals surface area contributed by atoms with Crippen LogP contribution in [0, 0.1) is 0 Å². The first-order valence-electron chi connectivity index (χ1n) is 11.1. The summed E-state index contributed by atoms with van der Waals surface area (Å²) in [6, 6.07) is 13.9. The number of likely N-dealkylation sites (tertiary alicyclic amines) is 1. The minimum Gasteiger partial charge on any atom is -0.481 e. The summed E-state index contributed by atoms with van der Waals surface area (Å²) < 4.78 is 29.4. The van der Waals surface area contributed by atoms with Gasteiger partial charge in [-0.1, -0.05) is 48.5 Å². The number of nitrogens with zero attached hydrogens (tertiary/aromatic N) is 1. The molecule has 2 fully saturated rings. The van der Waals surface area contributed by atoms with Gasteiger partial charge in [0.25, 0.3) is 0 Å². The number of rotatable bonds is 6. The molecule has 0 aromatic heterocycles. The summed E-state index contributed by atoms with van der Waals surface area (Å²) in [5, 5.41) is 11.0. The van der Waals surface area contributed by atoms with E-state index in [2.05, 4.69) is 5.32 Å². The number of hydrogen-bond acceptors (Lipinski definition) is 6. The maximum absolute atomic E-state index is 13.0. The summed E-state index contributed by atoms with van der Waals surface area (Å²) >= 11 is 0. The molecular formula is C24H24N2O7S. The maximum Gasteiger partial charge on any atom is 0.407 e. The summed E-state index contributed by atoms with van der Waals surface area (Å²) in [4.78, 5) is 38.3. The van der Waals surface area contributed by atoms with Gasteiger partial charge in [-0.15, -0.1) is 0 Å². The Morgan fingerprint density at radius 3 is 2.21 bits per heavy atom. The second-order valence-electron chi connectivity index (χ2n) is 8.95. The number of nitrogens with one attached hydrogen (secondary N) is 1. The van der Waals surface area contributed by atoms with Crippen LogP contribution in [0.3, 0.4) is 0 Å². The minimum absolute atomic E-state index is 0.0221. The Balaban J connectivity index is 1.26. The van der Waals surface area contributed by atoms with Gasteiger partial charge < -0.3 is 20.1 Å². The summed E-state index contributed by atoms with van der Waals surface area (Å²) in [5.41, 5.74) is 4.21. The number of alkyl carbamates (subject to hydrolysis) is 1. The largest absolute Gasteiger partial charge is 0.481 e. The van der Waals surface area contributed by atoms with Gasteiger partial charge in [0.2, 0.25) is 5.91 Å². The van der Waals surface area contributed by atoms with Crippen LogP contribution < -0.4 is 5.32 Å². The normalized spacial score (nSPS) is 22.6. The van der Waals surface area contributed by atoms with Crippen molar-refractivity contribution in [3.8, 4) is 11.1 Å². The number of aliphatic carboxylic acids is 1. The molecule has 2 bridgehead atoms. The Morgan fingerprint density at radius 2 is 1.68 bits per heavy atom. The van der Waals surface area contributed by atoms with Crippen LogP contribution >= 0.6 is 0 Å². The van der Waals surface area contributed by atoms with Gasteiger partial charge in [0, 0.05) is 18.5 Å². The van der Waals surface area contributed by atoms with Crippen LogP contribution in [-0.4, -0.2) is 72.6 Å². The highest BCUT2D eigenvalue weighted by Crippen LogP contribution is 2.44. The van der Waals surface area contributed by atoms with E-state index in [1.54, 1.807) is 0 Å². The molecule has 10 heteroatoms. The lowest BCUT2D eigenvalue weighted by atomic mass is 9.98. The van der Waals surface area contributed by atoms with Crippen molar-refractivity contribution in [2.24, 2.45) is 0 Å². The van der Waals surface area contributed by atoms with Crippen molar-refractivity contribution in [3.05, 3.63) is 59.7 Å². The number of carboxylic acid groups (broad SMARTS) is 1. The summed E-state index contributed by atoms with van der Waals surface area (Å²) in [5.74, 6) is -2.16. The fourth-order valence-corrected chi connectivity index (χ4v) is 7.35. The molecule has 0 saturated carbocycles. The van der Waals surface area contributed by atoms with E-state index >= 15 is 0 Å². The molecule has 178 valence electrons. The third-order valence-electron chi connectivity index (χ3n) is 6.90. The number of ether oxygens (including phenoxy) is 1. The molecule has 3 aliphatic rings. The molecule has 2 saturated heterocycles. The quantitative estimate of drug-likeness (QED) is 0.639. The molecule has 0 spiro atoms. The van der Waals surface area contributed by atoms with E-state index in [9.17, 15) is 27.9 Å². The van der Waals surface area contributed by atoms with E-state index in [0.29, 0.717) is 6.42 Å². The highest BCUT2D eigenvalue weighted by Gasteiger charge is 2.51. The van der Waals surface area contributed by atoms with Crippen molar-refractivity contribution in [3.63, 3.8) is 0 Å². The van der Waals surface area contributed by atoms with Gasteiger partial charge in [-0.3, -0.25) is 9.59 Å². The second-order valence-corrected chi connectivity index (χ2v) is 11.3. The molecule has 34 heavy (non-hydrogen) atoms. The van der Waals surface area contributed by atoms with Gasteiger partial charge in [-0.05, 0) is 28.7 Å². The SMILES string of the molecule is O=C(O)CC(NC(=O)OCC1c2ccccc2-c2ccccc21)C(=O)N1CC2CC1CS2(=O)=O. The van der Waals surface area contributed by atoms with Crippen molar-refractivity contribution in [1.29, 1.82) is 0 Å². The fraction of sp³-hybridized carbons (Fsp3) is 0.375. The van der Waals surface area contributed by atoms with Gasteiger partial charge in [0.15, 0.2) is 9.84 Å². The van der Waals surface area contributed by atoms with Crippen LogP contribution in [0.4, 0.5) is 4.79 Å². The Bertz CT molecular complexity index is 1230. The van der Waals surface area contributed by atoms with E-state index in [-0.39, 0.29) is 24.8 Å². The number of benzene rings is 2. The zero-order chi connectivity index (χ0) is 24.0. The van der Waals surface area contributed by atoms with Crippen LogP contribution in [0.25, 0.3) is 11.1 Å². The topological polar surface area (TPSA) is 130 Å². The van der Waals surface area contributed by atoms with Crippen molar-refractivity contribution < 1.29 is 32.6 Å². The van der Waals surface area contributed by atoms with Gasteiger partial charge >= 0.3 is 12.1 Å². The molecule has 3 unspecified atom stereocenters. The highest BCUT2D eigenvalue weighted by molar-refractivity contribution is 7.92. The molecule has 0 radical (unpaired) electrons. The third kappa shape index (κ3) is 3.91. The van der Waals surface area contributed by atoms with Crippen molar-refractivity contribution in [2.45, 2.75) is 36.1 Å². The van der Waals surface area contributed by atoms with Crippen LogP contribution in [0.15, 0.2) is 48.5 Å². The molecule has 2 amide bonds. The first-order chi connectivity index (χ1) is 16.2. The highest BCUT2D eigenvalue weighted by atomic mass is 32.2. The number of carbonyl (C=O) groups is 3. The van der Waals surface area contributed by atoms with E-state index < -0.39 is 51.6 Å². The van der Waals surface area contributed by atoms with Crippen molar-refractivity contribution in [1.82, 2.24) is 10.2 Å². The average molecular weight is 485 g/mol. The fourth-order valence-electron chi connectivity index (χ4n) is 5.32. The van der Waals surface area contributed by atoms with Gasteiger partial charge in [0.05, 0.1) is 17.4 Å². The molecule has 2 aromatic rings. The van der Waals surface area contributed by atoms with Crippen LogP contribution in [0.5, 0.6) is 0 Å². The molecule has 1 aliphatic carbocycles. The summed E-state index contributed by atoms with van der Waals surface area (Å²) in [6.45, 7) is 0.0504. The number of carboxylic acids is 1. The predicted molar refractivity (Wildman–Crippen MR) is 122 cm³/mol. The molecule has 3 atom stereocenters. The molecule has 2 aromatic carbocycles. The summed E-state index contributed by atoms with van der Waals surface area (Å²) in [6.07, 6.45) is -1.17. The molecule has 2 N–H and O–H groups in total. The zero-order valence-electron chi connectivity index (χ0n) is 18.2. The third-order valence-corrected chi connectivity index (χ3v) is 9.11. The molecule has 2 heterocycles. The van der Waals surface area contributed by atoms with Gasteiger partial charge in [-0.2, -0.15) is 0 Å². The number of sulfone groups is 1. The molecular weight excluding hydrogens is 460 g/mol. The van der Waals surface area contributed by atoms with E-state index in [1.165, 1.54) is 4.90 Å².